The van der Waals surface area contributed by atoms with Crippen molar-refractivity contribution in [1.82, 2.24) is 0 Å². The van der Waals surface area contributed by atoms with Gasteiger partial charge in [0.1, 0.15) is 24.1 Å². The normalized spacial score (nSPS) is 13.9. The number of ether oxygens (including phenoxy) is 4. The molecule has 0 aliphatic carbocycles. The minimum Gasteiger partial charge on any atom is -0.460 e. The van der Waals surface area contributed by atoms with E-state index in [9.17, 15) is 14.4 Å². The molecule has 1 rings (SSSR count). The number of benzene rings is 1. The first-order valence-corrected chi connectivity index (χ1v) is 13.0. The highest BCUT2D eigenvalue weighted by molar-refractivity contribution is 6.67. The first-order chi connectivity index (χ1) is 16.9. The van der Waals surface area contributed by atoms with Gasteiger partial charge >= 0.3 is 12.1 Å². The van der Waals surface area contributed by atoms with Crippen LogP contribution in [0.15, 0.2) is 42.5 Å². The van der Waals surface area contributed by atoms with Crippen molar-refractivity contribution in [1.29, 1.82) is 0 Å². The molecule has 0 saturated heterocycles. The third-order valence-corrected chi connectivity index (χ3v) is 5.61. The lowest BCUT2D eigenvalue weighted by Crippen LogP contribution is -2.40. The minimum absolute atomic E-state index is 0.0211. The van der Waals surface area contributed by atoms with Crippen molar-refractivity contribution in [3.63, 3.8) is 0 Å². The molecule has 0 amide bonds. The number of hydrogen-bond donors (Lipinski definition) is 0. The molecule has 0 radical (unpaired) electrons. The maximum absolute atomic E-state index is 13.5. The van der Waals surface area contributed by atoms with Gasteiger partial charge in [0, 0.05) is 11.8 Å². The summed E-state index contributed by atoms with van der Waals surface area (Å²) >= 11 is 16.9. The van der Waals surface area contributed by atoms with Crippen LogP contribution in [0.3, 0.4) is 0 Å². The zero-order valence-electron chi connectivity index (χ0n) is 22.3. The highest BCUT2D eigenvalue weighted by Crippen LogP contribution is 2.32. The van der Waals surface area contributed by atoms with E-state index < -0.39 is 45.6 Å². The van der Waals surface area contributed by atoms with Crippen molar-refractivity contribution in [2.24, 2.45) is 11.3 Å². The van der Waals surface area contributed by atoms with E-state index in [1.807, 2.05) is 30.3 Å². The quantitative estimate of drug-likeness (QED) is 0.141. The van der Waals surface area contributed by atoms with Crippen LogP contribution >= 0.6 is 34.8 Å². The SMILES string of the molecule is C=C(COCc1ccccc1)[C@H](OC(=O)OCC(Cl)(Cl)Cl)C(C)C(=O)C(C)(C)CCC(=O)OC(C)(C)C. The number of carbonyl (C=O) groups excluding carboxylic acids is 3. The Kier molecular flexibility index (Phi) is 12.9. The molecule has 2 atom stereocenters. The van der Waals surface area contributed by atoms with E-state index in [0.717, 1.165) is 5.56 Å². The molecule has 0 heterocycles. The third kappa shape index (κ3) is 13.5. The fourth-order valence-electron chi connectivity index (χ4n) is 3.46. The number of ketones is 1. The summed E-state index contributed by atoms with van der Waals surface area (Å²) in [5, 5.41) is 0. The van der Waals surface area contributed by atoms with E-state index in [0.29, 0.717) is 12.2 Å². The maximum Gasteiger partial charge on any atom is 0.509 e. The van der Waals surface area contributed by atoms with E-state index in [4.69, 9.17) is 53.8 Å². The smallest absolute Gasteiger partial charge is 0.460 e. The number of alkyl halides is 3. The van der Waals surface area contributed by atoms with Crippen molar-refractivity contribution < 1.29 is 33.3 Å². The molecule has 7 nitrogen and oxygen atoms in total. The average Bonchev–Trinajstić information content (AvgIpc) is 2.78. The summed E-state index contributed by atoms with van der Waals surface area (Å²) in [4.78, 5) is 38.0. The summed E-state index contributed by atoms with van der Waals surface area (Å²) in [5.74, 6) is -1.47. The Hall–Kier alpha value is -1.80. The molecule has 0 saturated carbocycles. The van der Waals surface area contributed by atoms with Crippen LogP contribution in [0.25, 0.3) is 0 Å². The van der Waals surface area contributed by atoms with E-state index in [-0.39, 0.29) is 25.2 Å². The summed E-state index contributed by atoms with van der Waals surface area (Å²) in [6.07, 6.45) is -1.90. The third-order valence-electron chi connectivity index (χ3n) is 5.29. The summed E-state index contributed by atoms with van der Waals surface area (Å²) in [7, 11) is 0. The van der Waals surface area contributed by atoms with E-state index >= 15 is 0 Å². The van der Waals surface area contributed by atoms with Gasteiger partial charge in [-0.2, -0.15) is 0 Å². The lowest BCUT2D eigenvalue weighted by atomic mass is 9.76. The number of carbonyl (C=O) groups is 3. The summed E-state index contributed by atoms with van der Waals surface area (Å²) in [5.41, 5.74) is -0.250. The second kappa shape index (κ2) is 14.4. The Labute approximate surface area is 234 Å². The second-order valence-electron chi connectivity index (χ2n) is 10.5. The van der Waals surface area contributed by atoms with Gasteiger partial charge in [-0.15, -0.1) is 0 Å². The van der Waals surface area contributed by atoms with Crippen LogP contribution in [-0.2, 0) is 35.1 Å². The standard InChI is InChI=1S/C27H37Cl3O7/c1-18(15-34-16-20-11-9-8-10-12-20)22(36-24(33)35-17-27(28,29)30)19(2)23(32)26(6,7)14-13-21(31)37-25(3,4)5/h8-12,19,22H,1,13-17H2,2-7H3/t19?,22-/m0/s1. The largest absolute Gasteiger partial charge is 0.509 e. The molecule has 1 aromatic rings. The van der Waals surface area contributed by atoms with Crippen LogP contribution in [0.4, 0.5) is 4.79 Å². The van der Waals surface area contributed by atoms with Gasteiger partial charge in [-0.25, -0.2) is 4.79 Å². The summed E-state index contributed by atoms with van der Waals surface area (Å²) in [6.45, 7) is 14.2. The summed E-state index contributed by atoms with van der Waals surface area (Å²) < 4.78 is 19.6. The molecule has 0 bridgehead atoms. The van der Waals surface area contributed by atoms with Crippen LogP contribution in [-0.4, -0.2) is 46.6 Å². The van der Waals surface area contributed by atoms with Crippen molar-refractivity contribution in [2.75, 3.05) is 13.2 Å². The second-order valence-corrected chi connectivity index (χ2v) is 13.0. The van der Waals surface area contributed by atoms with Crippen LogP contribution in [0, 0.1) is 11.3 Å². The predicted molar refractivity (Wildman–Crippen MR) is 145 cm³/mol. The Balaban J connectivity index is 2.93. The molecule has 0 spiro atoms. The van der Waals surface area contributed by atoms with Crippen LogP contribution in [0.5, 0.6) is 0 Å². The van der Waals surface area contributed by atoms with Crippen LogP contribution < -0.4 is 0 Å². The van der Waals surface area contributed by atoms with E-state index in [2.05, 4.69) is 6.58 Å². The molecule has 1 unspecified atom stereocenters. The molecule has 0 fully saturated rings. The number of rotatable bonds is 13. The Morgan fingerprint density at radius 2 is 1.59 bits per heavy atom. The lowest BCUT2D eigenvalue weighted by molar-refractivity contribution is -0.155. The van der Waals surface area contributed by atoms with Gasteiger partial charge in [-0.3, -0.25) is 9.59 Å². The maximum atomic E-state index is 13.5. The average molecular weight is 580 g/mol. The van der Waals surface area contributed by atoms with Crippen LogP contribution in [0.2, 0.25) is 0 Å². The Morgan fingerprint density at radius 1 is 1.00 bits per heavy atom. The van der Waals surface area contributed by atoms with Crippen molar-refractivity contribution in [3.05, 3.63) is 48.0 Å². The Bertz CT molecular complexity index is 918. The first kappa shape index (κ1) is 33.2. The zero-order chi connectivity index (χ0) is 28.4. The van der Waals surface area contributed by atoms with Gasteiger partial charge in [0.05, 0.1) is 19.1 Å². The molecular formula is C27H37Cl3O7. The van der Waals surface area contributed by atoms with Crippen LogP contribution in [0.1, 0.15) is 59.9 Å². The van der Waals surface area contributed by atoms with E-state index in [1.165, 1.54) is 0 Å². The number of hydrogen-bond acceptors (Lipinski definition) is 7. The molecule has 1 aromatic carbocycles. The van der Waals surface area contributed by atoms with Gasteiger partial charge in [-0.1, -0.05) is 92.5 Å². The molecule has 0 aliphatic heterocycles. The highest BCUT2D eigenvalue weighted by atomic mass is 35.6. The monoisotopic (exact) mass is 578 g/mol. The molecule has 208 valence electrons. The molecule has 37 heavy (non-hydrogen) atoms. The number of halogens is 3. The first-order valence-electron chi connectivity index (χ1n) is 11.9. The molecule has 0 N–H and O–H groups in total. The fraction of sp³-hybridized carbons (Fsp3) is 0.593. The minimum atomic E-state index is -1.82. The topological polar surface area (TPSA) is 88.1 Å². The van der Waals surface area contributed by atoms with Gasteiger partial charge in [-0.05, 0) is 38.3 Å². The lowest BCUT2D eigenvalue weighted by Gasteiger charge is -2.31. The van der Waals surface area contributed by atoms with E-state index in [1.54, 1.807) is 41.5 Å². The summed E-state index contributed by atoms with van der Waals surface area (Å²) in [6, 6.07) is 9.49. The van der Waals surface area contributed by atoms with Gasteiger partial charge in [0.25, 0.3) is 0 Å². The molecule has 10 heteroatoms. The molecule has 0 aromatic heterocycles. The Morgan fingerprint density at radius 3 is 2.14 bits per heavy atom. The van der Waals surface area contributed by atoms with Crippen molar-refractivity contribution >= 4 is 52.7 Å². The van der Waals surface area contributed by atoms with Crippen molar-refractivity contribution in [2.45, 2.75) is 76.5 Å². The highest BCUT2D eigenvalue weighted by Gasteiger charge is 2.39. The molecule has 0 aliphatic rings. The number of Topliss-reactive ketones (excluding diaryl/α,β-unsaturated/α-hetero) is 1. The fourth-order valence-corrected chi connectivity index (χ4v) is 3.62. The van der Waals surface area contributed by atoms with Gasteiger partial charge < -0.3 is 18.9 Å². The predicted octanol–water partition coefficient (Wildman–Crippen LogP) is 7.00. The van der Waals surface area contributed by atoms with Gasteiger partial charge in [0.2, 0.25) is 3.79 Å². The number of esters is 1. The zero-order valence-corrected chi connectivity index (χ0v) is 24.5. The van der Waals surface area contributed by atoms with Gasteiger partial charge in [0.15, 0.2) is 0 Å². The molecular weight excluding hydrogens is 543 g/mol. The van der Waals surface area contributed by atoms with Crippen molar-refractivity contribution in [3.8, 4) is 0 Å².